The van der Waals surface area contributed by atoms with Crippen molar-refractivity contribution >= 4 is 5.97 Å². The van der Waals surface area contributed by atoms with E-state index < -0.39 is 5.97 Å². The lowest BCUT2D eigenvalue weighted by Crippen LogP contribution is -2.40. The second-order valence-corrected chi connectivity index (χ2v) is 6.67. The first kappa shape index (κ1) is 19.6. The molecular weight excluding hydrogens is 318 g/mol. The van der Waals surface area contributed by atoms with Gasteiger partial charge in [0.2, 0.25) is 0 Å². The highest BCUT2D eigenvalue weighted by atomic mass is 16.5. The SMILES string of the molecule is CCCCC(c1ccc(OCC)c(OC)c1)N1CCCC(C(=O)O)C1. The molecule has 0 aromatic heterocycles. The molecule has 1 fully saturated rings. The van der Waals surface area contributed by atoms with Crippen LogP contribution < -0.4 is 9.47 Å². The van der Waals surface area contributed by atoms with Crippen molar-refractivity contribution < 1.29 is 19.4 Å². The van der Waals surface area contributed by atoms with Crippen LogP contribution in [0.5, 0.6) is 11.5 Å². The minimum atomic E-state index is -0.678. The zero-order valence-corrected chi connectivity index (χ0v) is 15.7. The molecule has 5 nitrogen and oxygen atoms in total. The van der Waals surface area contributed by atoms with E-state index in [1.54, 1.807) is 7.11 Å². The van der Waals surface area contributed by atoms with Crippen LogP contribution in [0.25, 0.3) is 0 Å². The van der Waals surface area contributed by atoms with Gasteiger partial charge in [0.25, 0.3) is 0 Å². The first-order valence-corrected chi connectivity index (χ1v) is 9.38. The van der Waals surface area contributed by atoms with Crippen molar-refractivity contribution in [3.8, 4) is 11.5 Å². The van der Waals surface area contributed by atoms with Crippen molar-refractivity contribution in [1.29, 1.82) is 0 Å². The van der Waals surface area contributed by atoms with E-state index in [4.69, 9.17) is 9.47 Å². The minimum Gasteiger partial charge on any atom is -0.493 e. The van der Waals surface area contributed by atoms with Gasteiger partial charge in [-0.05, 0) is 50.4 Å². The second kappa shape index (κ2) is 9.66. The molecule has 0 spiro atoms. The molecule has 25 heavy (non-hydrogen) atoms. The standard InChI is InChI=1S/C20H31NO4/c1-4-6-9-17(21-12-7-8-16(14-21)20(22)23)15-10-11-18(25-5-2)19(13-15)24-3/h10-11,13,16-17H,4-9,12,14H2,1-3H3,(H,22,23). The van der Waals surface area contributed by atoms with Gasteiger partial charge in [-0.15, -0.1) is 0 Å². The van der Waals surface area contributed by atoms with E-state index in [-0.39, 0.29) is 12.0 Å². The number of ether oxygens (including phenoxy) is 2. The molecule has 1 aromatic rings. The summed E-state index contributed by atoms with van der Waals surface area (Å²) < 4.78 is 11.1. The Morgan fingerprint density at radius 3 is 2.80 bits per heavy atom. The lowest BCUT2D eigenvalue weighted by atomic mass is 9.92. The summed E-state index contributed by atoms with van der Waals surface area (Å²) in [5.74, 6) is 0.559. The predicted molar refractivity (Wildman–Crippen MR) is 98.4 cm³/mol. The Morgan fingerprint density at radius 1 is 1.36 bits per heavy atom. The van der Waals surface area contributed by atoms with Crippen molar-refractivity contribution in [2.45, 2.75) is 52.0 Å². The number of rotatable bonds is 9. The molecule has 2 atom stereocenters. The Hall–Kier alpha value is -1.75. The molecule has 1 heterocycles. The van der Waals surface area contributed by atoms with E-state index in [0.29, 0.717) is 13.2 Å². The number of methoxy groups -OCH3 is 1. The average molecular weight is 349 g/mol. The molecule has 2 rings (SSSR count). The number of likely N-dealkylation sites (tertiary alicyclic amines) is 1. The summed E-state index contributed by atoms with van der Waals surface area (Å²) in [5.41, 5.74) is 1.18. The summed E-state index contributed by atoms with van der Waals surface area (Å²) in [6.07, 6.45) is 4.99. The summed E-state index contributed by atoms with van der Waals surface area (Å²) in [5, 5.41) is 9.40. The number of benzene rings is 1. The Kier molecular flexibility index (Phi) is 7.56. The third kappa shape index (κ3) is 5.11. The van der Waals surface area contributed by atoms with Gasteiger partial charge < -0.3 is 14.6 Å². The zero-order valence-electron chi connectivity index (χ0n) is 15.7. The van der Waals surface area contributed by atoms with Crippen LogP contribution >= 0.6 is 0 Å². The van der Waals surface area contributed by atoms with E-state index in [1.165, 1.54) is 5.56 Å². The van der Waals surface area contributed by atoms with Gasteiger partial charge in [0.05, 0.1) is 19.6 Å². The molecule has 1 aliphatic heterocycles. The number of carboxylic acids is 1. The van der Waals surface area contributed by atoms with Gasteiger partial charge in [0.1, 0.15) is 0 Å². The Morgan fingerprint density at radius 2 is 2.16 bits per heavy atom. The normalized spacial score (nSPS) is 19.4. The molecular formula is C20H31NO4. The van der Waals surface area contributed by atoms with Gasteiger partial charge in [-0.1, -0.05) is 25.8 Å². The summed E-state index contributed by atoms with van der Waals surface area (Å²) in [4.78, 5) is 13.8. The van der Waals surface area contributed by atoms with E-state index in [2.05, 4.69) is 24.0 Å². The van der Waals surface area contributed by atoms with Crippen molar-refractivity contribution in [1.82, 2.24) is 4.90 Å². The Balaban J connectivity index is 2.25. The van der Waals surface area contributed by atoms with Crippen molar-refractivity contribution in [3.63, 3.8) is 0 Å². The van der Waals surface area contributed by atoms with Crippen molar-refractivity contribution in [2.75, 3.05) is 26.8 Å². The highest BCUT2D eigenvalue weighted by Gasteiger charge is 2.30. The Labute approximate surface area is 150 Å². The maximum absolute atomic E-state index is 11.4. The molecule has 0 bridgehead atoms. The van der Waals surface area contributed by atoms with Crippen LogP contribution in [0.3, 0.4) is 0 Å². The minimum absolute atomic E-state index is 0.228. The van der Waals surface area contributed by atoms with Crippen molar-refractivity contribution in [2.24, 2.45) is 5.92 Å². The van der Waals surface area contributed by atoms with E-state index in [9.17, 15) is 9.90 Å². The van der Waals surface area contributed by atoms with Crippen LogP contribution in [0.4, 0.5) is 0 Å². The predicted octanol–water partition coefficient (Wildman–Crippen LogP) is 4.12. The fraction of sp³-hybridized carbons (Fsp3) is 0.650. The molecule has 1 saturated heterocycles. The number of hydrogen-bond acceptors (Lipinski definition) is 4. The summed E-state index contributed by atoms with van der Waals surface area (Å²) in [6, 6.07) is 6.34. The first-order valence-electron chi connectivity index (χ1n) is 9.38. The van der Waals surface area contributed by atoms with Gasteiger partial charge in [-0.2, -0.15) is 0 Å². The summed E-state index contributed by atoms with van der Waals surface area (Å²) in [6.45, 7) is 6.32. The van der Waals surface area contributed by atoms with Gasteiger partial charge >= 0.3 is 5.97 Å². The van der Waals surface area contributed by atoms with Crippen LogP contribution in [0.2, 0.25) is 0 Å². The number of carbonyl (C=O) groups is 1. The highest BCUT2D eigenvalue weighted by molar-refractivity contribution is 5.70. The largest absolute Gasteiger partial charge is 0.493 e. The molecule has 2 unspecified atom stereocenters. The Bertz CT molecular complexity index is 561. The number of aliphatic carboxylic acids is 1. The fourth-order valence-electron chi connectivity index (χ4n) is 3.61. The van der Waals surface area contributed by atoms with Gasteiger partial charge in [-0.3, -0.25) is 9.69 Å². The number of nitrogens with zero attached hydrogens (tertiary/aromatic N) is 1. The number of piperidine rings is 1. The van der Waals surface area contributed by atoms with Crippen LogP contribution in [0.1, 0.15) is 57.6 Å². The topological polar surface area (TPSA) is 59.0 Å². The molecule has 1 N–H and O–H groups in total. The van der Waals surface area contributed by atoms with E-state index in [1.807, 2.05) is 13.0 Å². The zero-order chi connectivity index (χ0) is 18.2. The monoisotopic (exact) mass is 349 g/mol. The lowest BCUT2D eigenvalue weighted by molar-refractivity contribution is -0.144. The summed E-state index contributed by atoms with van der Waals surface area (Å²) in [7, 11) is 1.66. The van der Waals surface area contributed by atoms with E-state index >= 15 is 0 Å². The van der Waals surface area contributed by atoms with Gasteiger partial charge in [-0.25, -0.2) is 0 Å². The molecule has 0 aliphatic carbocycles. The smallest absolute Gasteiger partial charge is 0.307 e. The molecule has 0 saturated carbocycles. The molecule has 1 aliphatic rings. The fourth-order valence-corrected chi connectivity index (χ4v) is 3.61. The second-order valence-electron chi connectivity index (χ2n) is 6.67. The number of carboxylic acid groups (broad SMARTS) is 1. The molecule has 140 valence electrons. The van der Waals surface area contributed by atoms with Gasteiger partial charge in [0.15, 0.2) is 11.5 Å². The number of hydrogen-bond donors (Lipinski definition) is 1. The first-order chi connectivity index (χ1) is 12.1. The van der Waals surface area contributed by atoms with Crippen LogP contribution in [0.15, 0.2) is 18.2 Å². The van der Waals surface area contributed by atoms with E-state index in [0.717, 1.165) is 50.1 Å². The molecule has 0 amide bonds. The maximum Gasteiger partial charge on any atom is 0.307 e. The molecule has 0 radical (unpaired) electrons. The van der Waals surface area contributed by atoms with Gasteiger partial charge in [0, 0.05) is 12.6 Å². The van der Waals surface area contributed by atoms with Crippen LogP contribution in [0, 0.1) is 5.92 Å². The quantitative estimate of drug-likeness (QED) is 0.727. The number of unbranched alkanes of at least 4 members (excludes halogenated alkanes) is 1. The van der Waals surface area contributed by atoms with Crippen LogP contribution in [-0.4, -0.2) is 42.8 Å². The maximum atomic E-state index is 11.4. The molecule has 5 heteroatoms. The van der Waals surface area contributed by atoms with Crippen molar-refractivity contribution in [3.05, 3.63) is 23.8 Å². The third-order valence-corrected chi connectivity index (χ3v) is 4.95. The molecule has 1 aromatic carbocycles. The van der Waals surface area contributed by atoms with Crippen LogP contribution in [-0.2, 0) is 4.79 Å². The third-order valence-electron chi connectivity index (χ3n) is 4.95. The highest BCUT2D eigenvalue weighted by Crippen LogP contribution is 2.36. The summed E-state index contributed by atoms with van der Waals surface area (Å²) >= 11 is 0. The lowest BCUT2D eigenvalue weighted by Gasteiger charge is -2.37. The average Bonchev–Trinajstić information content (AvgIpc) is 2.63.